The number of aromatic nitrogens is 2. The summed E-state index contributed by atoms with van der Waals surface area (Å²) in [5.74, 6) is 1.20. The van der Waals surface area contributed by atoms with Crippen molar-refractivity contribution in [2.75, 3.05) is 0 Å². The van der Waals surface area contributed by atoms with Gasteiger partial charge in [0.05, 0.1) is 17.9 Å². The summed E-state index contributed by atoms with van der Waals surface area (Å²) in [5.41, 5.74) is 7.21. The van der Waals surface area contributed by atoms with Crippen LogP contribution in [0.25, 0.3) is 11.3 Å². The second-order valence-electron chi connectivity index (χ2n) is 5.29. The molecular weight excluding hydrogens is 276 g/mol. The van der Waals surface area contributed by atoms with Gasteiger partial charge >= 0.3 is 6.61 Å². The SMILES string of the molecule is CC(C)CC(N)c1ncc(-c2ccccc2OC(F)F)[nH]1. The zero-order chi connectivity index (χ0) is 15.4. The van der Waals surface area contributed by atoms with Crippen LogP contribution in [0.5, 0.6) is 5.75 Å². The minimum atomic E-state index is -2.86. The van der Waals surface area contributed by atoms with E-state index in [4.69, 9.17) is 5.73 Å². The maximum atomic E-state index is 12.4. The Morgan fingerprint density at radius 3 is 2.67 bits per heavy atom. The summed E-state index contributed by atoms with van der Waals surface area (Å²) in [6.45, 7) is 1.29. The van der Waals surface area contributed by atoms with Gasteiger partial charge in [0.1, 0.15) is 11.6 Å². The van der Waals surface area contributed by atoms with Crippen molar-refractivity contribution >= 4 is 0 Å². The van der Waals surface area contributed by atoms with Gasteiger partial charge in [-0.05, 0) is 24.5 Å². The number of benzene rings is 1. The van der Waals surface area contributed by atoms with Crippen molar-refractivity contribution < 1.29 is 13.5 Å². The van der Waals surface area contributed by atoms with Crippen molar-refractivity contribution in [3.05, 3.63) is 36.3 Å². The van der Waals surface area contributed by atoms with E-state index in [1.807, 2.05) is 0 Å². The Kier molecular flexibility index (Phi) is 4.90. The summed E-state index contributed by atoms with van der Waals surface area (Å²) in [5, 5.41) is 0. The minimum Gasteiger partial charge on any atom is -0.434 e. The van der Waals surface area contributed by atoms with Gasteiger partial charge in [-0.15, -0.1) is 0 Å². The molecule has 0 amide bonds. The Hall–Kier alpha value is -1.95. The molecule has 0 aliphatic heterocycles. The molecule has 114 valence electrons. The molecule has 0 fully saturated rings. The van der Waals surface area contributed by atoms with Crippen molar-refractivity contribution in [3.8, 4) is 17.0 Å². The zero-order valence-electron chi connectivity index (χ0n) is 12.0. The van der Waals surface area contributed by atoms with Crippen LogP contribution in [0.2, 0.25) is 0 Å². The number of nitrogens with two attached hydrogens (primary N) is 1. The number of para-hydroxylation sites is 1. The predicted octanol–water partition coefficient (Wildman–Crippen LogP) is 3.72. The molecule has 2 aromatic rings. The van der Waals surface area contributed by atoms with Crippen LogP contribution in [-0.2, 0) is 0 Å². The molecule has 21 heavy (non-hydrogen) atoms. The molecule has 1 unspecified atom stereocenters. The maximum absolute atomic E-state index is 12.4. The highest BCUT2D eigenvalue weighted by Crippen LogP contribution is 2.30. The minimum absolute atomic E-state index is 0.111. The van der Waals surface area contributed by atoms with Crippen LogP contribution in [-0.4, -0.2) is 16.6 Å². The lowest BCUT2D eigenvalue weighted by Gasteiger charge is -2.11. The summed E-state index contributed by atoms with van der Waals surface area (Å²) < 4.78 is 29.4. The molecule has 1 heterocycles. The molecule has 0 aliphatic carbocycles. The van der Waals surface area contributed by atoms with Crippen molar-refractivity contribution in [2.24, 2.45) is 11.7 Å². The van der Waals surface area contributed by atoms with Crippen LogP contribution in [0.1, 0.15) is 32.1 Å². The van der Waals surface area contributed by atoms with Crippen molar-refractivity contribution in [2.45, 2.75) is 32.9 Å². The number of alkyl halides is 2. The molecule has 3 N–H and O–H groups in total. The fraction of sp³-hybridized carbons (Fsp3) is 0.400. The highest BCUT2D eigenvalue weighted by molar-refractivity contribution is 5.66. The van der Waals surface area contributed by atoms with Gasteiger partial charge in [0.2, 0.25) is 0 Å². The number of hydrogen-bond donors (Lipinski definition) is 2. The lowest BCUT2D eigenvalue weighted by molar-refractivity contribution is -0.0494. The van der Waals surface area contributed by atoms with Crippen LogP contribution < -0.4 is 10.5 Å². The molecule has 0 aliphatic rings. The smallest absolute Gasteiger partial charge is 0.387 e. The second-order valence-corrected chi connectivity index (χ2v) is 5.29. The average molecular weight is 295 g/mol. The normalized spacial score (nSPS) is 12.9. The summed E-state index contributed by atoms with van der Waals surface area (Å²) in [6.07, 6.45) is 2.38. The standard InChI is InChI=1S/C15H19F2N3O/c1-9(2)7-11(18)14-19-8-12(20-14)10-5-3-4-6-13(10)21-15(16)17/h3-6,8-9,11,15H,7,18H2,1-2H3,(H,19,20). The van der Waals surface area contributed by atoms with Gasteiger partial charge < -0.3 is 15.5 Å². The average Bonchev–Trinajstić information content (AvgIpc) is 2.87. The number of H-pyrrole nitrogens is 1. The zero-order valence-corrected chi connectivity index (χ0v) is 12.0. The van der Waals surface area contributed by atoms with Gasteiger partial charge in [0.25, 0.3) is 0 Å². The molecule has 4 nitrogen and oxygen atoms in total. The third-order valence-corrected chi connectivity index (χ3v) is 3.07. The number of halogens is 2. The summed E-state index contributed by atoms with van der Waals surface area (Å²) in [4.78, 5) is 7.33. The second kappa shape index (κ2) is 6.67. The first-order valence-electron chi connectivity index (χ1n) is 6.82. The van der Waals surface area contributed by atoms with E-state index < -0.39 is 6.61 Å². The quantitative estimate of drug-likeness (QED) is 0.853. The van der Waals surface area contributed by atoms with E-state index >= 15 is 0 Å². The Morgan fingerprint density at radius 2 is 2.00 bits per heavy atom. The summed E-state index contributed by atoms with van der Waals surface area (Å²) >= 11 is 0. The van der Waals surface area contributed by atoms with Crippen LogP contribution in [0.4, 0.5) is 8.78 Å². The van der Waals surface area contributed by atoms with Gasteiger partial charge in [-0.3, -0.25) is 0 Å². The Labute approximate surface area is 122 Å². The lowest BCUT2D eigenvalue weighted by atomic mass is 10.0. The highest BCUT2D eigenvalue weighted by atomic mass is 19.3. The van der Waals surface area contributed by atoms with E-state index in [9.17, 15) is 8.78 Å². The van der Waals surface area contributed by atoms with Crippen LogP contribution in [0.15, 0.2) is 30.5 Å². The maximum Gasteiger partial charge on any atom is 0.387 e. The van der Waals surface area contributed by atoms with E-state index in [2.05, 4.69) is 28.6 Å². The number of rotatable bonds is 6. The Bertz CT molecular complexity index is 584. The van der Waals surface area contributed by atoms with Gasteiger partial charge in [0.15, 0.2) is 0 Å². The van der Waals surface area contributed by atoms with E-state index in [0.717, 1.165) is 6.42 Å². The first-order chi connectivity index (χ1) is 9.97. The lowest BCUT2D eigenvalue weighted by Crippen LogP contribution is -2.14. The van der Waals surface area contributed by atoms with Gasteiger partial charge in [-0.25, -0.2) is 4.98 Å². The fourth-order valence-electron chi connectivity index (χ4n) is 2.17. The largest absolute Gasteiger partial charge is 0.434 e. The fourth-order valence-corrected chi connectivity index (χ4v) is 2.17. The topological polar surface area (TPSA) is 63.9 Å². The summed E-state index contributed by atoms with van der Waals surface area (Å²) in [7, 11) is 0. The predicted molar refractivity (Wildman–Crippen MR) is 77.0 cm³/mol. The van der Waals surface area contributed by atoms with Crippen molar-refractivity contribution in [3.63, 3.8) is 0 Å². The Morgan fingerprint density at radius 1 is 1.29 bits per heavy atom. The van der Waals surface area contributed by atoms with E-state index in [0.29, 0.717) is 23.0 Å². The first-order valence-corrected chi connectivity index (χ1v) is 6.82. The van der Waals surface area contributed by atoms with Crippen molar-refractivity contribution in [1.29, 1.82) is 0 Å². The number of aromatic amines is 1. The third kappa shape index (κ3) is 4.01. The molecule has 0 radical (unpaired) electrons. The molecule has 0 spiro atoms. The number of ether oxygens (including phenoxy) is 1. The van der Waals surface area contributed by atoms with Crippen LogP contribution >= 0.6 is 0 Å². The first kappa shape index (κ1) is 15.4. The van der Waals surface area contributed by atoms with Crippen molar-refractivity contribution in [1.82, 2.24) is 9.97 Å². The molecule has 1 aromatic carbocycles. The molecule has 0 saturated carbocycles. The monoisotopic (exact) mass is 295 g/mol. The number of nitrogens with one attached hydrogen (secondary N) is 1. The highest BCUT2D eigenvalue weighted by Gasteiger charge is 2.16. The molecule has 1 atom stereocenters. The molecule has 6 heteroatoms. The molecule has 1 aromatic heterocycles. The third-order valence-electron chi connectivity index (χ3n) is 3.07. The number of imidazole rings is 1. The van der Waals surface area contributed by atoms with Gasteiger partial charge in [-0.2, -0.15) is 8.78 Å². The van der Waals surface area contributed by atoms with Gasteiger partial charge in [0, 0.05) is 5.56 Å². The molecular formula is C15H19F2N3O. The van der Waals surface area contributed by atoms with Crippen LogP contribution in [0.3, 0.4) is 0 Å². The number of nitrogens with zero attached hydrogens (tertiary/aromatic N) is 1. The van der Waals surface area contributed by atoms with Crippen LogP contribution in [0, 0.1) is 5.92 Å². The van der Waals surface area contributed by atoms with E-state index in [1.54, 1.807) is 24.4 Å². The van der Waals surface area contributed by atoms with E-state index in [-0.39, 0.29) is 11.8 Å². The summed E-state index contributed by atoms with van der Waals surface area (Å²) in [6, 6.07) is 6.38. The molecule has 0 bridgehead atoms. The number of hydrogen-bond acceptors (Lipinski definition) is 3. The van der Waals surface area contributed by atoms with E-state index in [1.165, 1.54) is 6.07 Å². The Balaban J connectivity index is 2.25. The molecule has 0 saturated heterocycles. The molecule has 2 rings (SSSR count). The van der Waals surface area contributed by atoms with Gasteiger partial charge in [-0.1, -0.05) is 26.0 Å².